The van der Waals surface area contributed by atoms with Crippen LogP contribution in [0.5, 0.6) is 0 Å². The highest BCUT2D eigenvalue weighted by Crippen LogP contribution is 2.51. The highest BCUT2D eigenvalue weighted by atomic mass is 32.2. The molecule has 0 aromatic carbocycles. The summed E-state index contributed by atoms with van der Waals surface area (Å²) in [6.45, 7) is 1.14. The number of nitrogens with two attached hydrogens (primary N) is 1. The van der Waals surface area contributed by atoms with E-state index in [9.17, 15) is 24.3 Å². The normalized spacial score (nSPS) is 24.7. The zero-order chi connectivity index (χ0) is 23.5. The summed E-state index contributed by atoms with van der Waals surface area (Å²) in [5.41, 5.74) is 5.31. The number of hydrogen-bond acceptors (Lipinski definition) is 11. The lowest BCUT2D eigenvalue weighted by atomic mass is 10.0. The standard InChI is InChI=1S/C17H19N5O7S3/c1-2-4-32-22-9(16(27)28)3-5-30-15(22)12(14(22)26)20-13(25)11(21-29-6-10(23)24)8-7-31-17(18)19-8/h3,7,12,15H,2,4-6H2,1H3,(H4-,18,19,20,23,24,25,27,28)/p+1/t12?,15-,22?/m0/s1. The molecule has 1 aromatic rings. The van der Waals surface area contributed by atoms with E-state index >= 15 is 0 Å². The van der Waals surface area contributed by atoms with Crippen LogP contribution in [0.3, 0.4) is 0 Å². The minimum absolute atomic E-state index is 0.0198. The molecule has 15 heteroatoms. The van der Waals surface area contributed by atoms with Crippen LogP contribution in [0, 0.1) is 0 Å². The van der Waals surface area contributed by atoms with Gasteiger partial charge in [0.25, 0.3) is 5.91 Å². The number of thioether (sulfide) groups is 1. The van der Waals surface area contributed by atoms with E-state index in [0.717, 1.165) is 17.8 Å². The lowest BCUT2D eigenvalue weighted by Crippen LogP contribution is -2.78. The zero-order valence-corrected chi connectivity index (χ0v) is 19.2. The number of carbonyl (C=O) groups is 4. The van der Waals surface area contributed by atoms with E-state index in [1.165, 1.54) is 35.2 Å². The fourth-order valence-electron chi connectivity index (χ4n) is 3.17. The molecule has 1 aromatic heterocycles. The Kier molecular flexibility index (Phi) is 7.43. The van der Waals surface area contributed by atoms with Crippen LogP contribution in [0.4, 0.5) is 5.13 Å². The minimum atomic E-state index is -1.29. The molecule has 172 valence electrons. The van der Waals surface area contributed by atoms with E-state index in [0.29, 0.717) is 11.5 Å². The van der Waals surface area contributed by atoms with Crippen LogP contribution in [-0.4, -0.2) is 78.1 Å². The highest BCUT2D eigenvalue weighted by molar-refractivity contribution is 8.01. The monoisotopic (exact) mass is 502 g/mol. The topological polar surface area (TPSA) is 181 Å². The van der Waals surface area contributed by atoms with Crippen molar-refractivity contribution in [2.75, 3.05) is 23.8 Å². The molecule has 2 aliphatic heterocycles. The van der Waals surface area contributed by atoms with Gasteiger partial charge in [0.1, 0.15) is 5.69 Å². The van der Waals surface area contributed by atoms with E-state index in [2.05, 4.69) is 15.5 Å². The van der Waals surface area contributed by atoms with Crippen molar-refractivity contribution in [2.45, 2.75) is 24.8 Å². The first-order valence-electron chi connectivity index (χ1n) is 9.29. The number of thiazole rings is 1. The summed E-state index contributed by atoms with van der Waals surface area (Å²) in [7, 11) is 0. The lowest BCUT2D eigenvalue weighted by Gasteiger charge is -2.51. The number of aromatic nitrogens is 1. The largest absolute Gasteiger partial charge is 0.479 e. The number of hydrogen-bond donors (Lipinski definition) is 4. The number of nitrogens with zero attached hydrogens (tertiary/aromatic N) is 3. The van der Waals surface area contributed by atoms with Crippen molar-refractivity contribution in [3.8, 4) is 0 Å². The van der Waals surface area contributed by atoms with Crippen LogP contribution < -0.4 is 11.1 Å². The number of carboxylic acids is 2. The van der Waals surface area contributed by atoms with Crippen LogP contribution in [0.15, 0.2) is 22.3 Å². The number of quaternary nitrogens is 1. The summed E-state index contributed by atoms with van der Waals surface area (Å²) in [5.74, 6) is -2.82. The summed E-state index contributed by atoms with van der Waals surface area (Å²) in [5, 5.41) is 25.6. The van der Waals surface area contributed by atoms with Gasteiger partial charge in [0, 0.05) is 16.9 Å². The maximum absolute atomic E-state index is 13.2. The van der Waals surface area contributed by atoms with Gasteiger partial charge in [0.05, 0.1) is 11.9 Å². The number of carbonyl (C=O) groups excluding carboxylic acids is 2. The molecule has 1 fully saturated rings. The van der Waals surface area contributed by atoms with Crippen molar-refractivity contribution in [1.29, 1.82) is 0 Å². The van der Waals surface area contributed by atoms with Gasteiger partial charge in [-0.1, -0.05) is 23.8 Å². The summed E-state index contributed by atoms with van der Waals surface area (Å²) in [4.78, 5) is 57.3. The molecule has 3 atom stereocenters. The first-order valence-corrected chi connectivity index (χ1v) is 12.2. The van der Waals surface area contributed by atoms with Crippen molar-refractivity contribution in [2.24, 2.45) is 5.16 Å². The number of anilines is 1. The fraction of sp³-hybridized carbons (Fsp3) is 0.412. The average molecular weight is 503 g/mol. The third kappa shape index (κ3) is 4.46. The Labute approximate surface area is 194 Å². The number of carboxylic acid groups (broad SMARTS) is 2. The number of nitrogens with one attached hydrogen (secondary N) is 1. The van der Waals surface area contributed by atoms with Crippen LogP contribution in [-0.2, 0) is 24.0 Å². The summed E-state index contributed by atoms with van der Waals surface area (Å²) in [6.07, 6.45) is 2.26. The molecule has 32 heavy (non-hydrogen) atoms. The van der Waals surface area contributed by atoms with Crippen molar-refractivity contribution < 1.29 is 38.1 Å². The molecule has 2 unspecified atom stereocenters. The molecule has 3 heterocycles. The molecule has 0 radical (unpaired) electrons. The maximum Gasteiger partial charge on any atom is 0.391 e. The molecule has 2 amide bonds. The van der Waals surface area contributed by atoms with Crippen LogP contribution in [0.2, 0.25) is 0 Å². The van der Waals surface area contributed by atoms with Crippen molar-refractivity contribution in [3.05, 3.63) is 22.8 Å². The molecule has 0 bridgehead atoms. The first kappa shape index (κ1) is 24.0. The predicted octanol–water partition coefficient (Wildman–Crippen LogP) is 0.472. The number of fused-ring (bicyclic) bond motifs is 1. The molecule has 3 rings (SSSR count). The molecule has 12 nitrogen and oxygen atoms in total. The van der Waals surface area contributed by atoms with E-state index in [-0.39, 0.29) is 22.2 Å². The number of β-lactam (4-membered cyclic amide) rings is 1. The molecular weight excluding hydrogens is 482 g/mol. The van der Waals surface area contributed by atoms with Gasteiger partial charge in [-0.3, -0.25) is 4.79 Å². The van der Waals surface area contributed by atoms with E-state index in [1.807, 2.05) is 6.92 Å². The van der Waals surface area contributed by atoms with Crippen molar-refractivity contribution in [1.82, 2.24) is 10.3 Å². The van der Waals surface area contributed by atoms with Crippen LogP contribution in [0.1, 0.15) is 19.0 Å². The molecular formula is C17H20N5O7S3+. The van der Waals surface area contributed by atoms with Crippen molar-refractivity contribution in [3.63, 3.8) is 0 Å². The van der Waals surface area contributed by atoms with Gasteiger partial charge in [-0.2, -0.15) is 0 Å². The van der Waals surface area contributed by atoms with Crippen LogP contribution in [0.25, 0.3) is 0 Å². The zero-order valence-electron chi connectivity index (χ0n) is 16.7. The number of aliphatic carboxylic acids is 2. The van der Waals surface area contributed by atoms with E-state index in [1.54, 1.807) is 0 Å². The fourth-order valence-corrected chi connectivity index (χ4v) is 6.61. The second-order valence-corrected chi connectivity index (χ2v) is 9.86. The third-order valence-corrected chi connectivity index (χ3v) is 8.17. The molecule has 0 spiro atoms. The Morgan fingerprint density at radius 2 is 2.19 bits per heavy atom. The Hall–Kier alpha value is -2.62. The molecule has 2 aliphatic rings. The van der Waals surface area contributed by atoms with Gasteiger partial charge < -0.3 is 26.1 Å². The maximum atomic E-state index is 13.2. The van der Waals surface area contributed by atoms with Gasteiger partial charge in [-0.25, -0.2) is 19.4 Å². The Morgan fingerprint density at radius 1 is 1.44 bits per heavy atom. The third-order valence-electron chi connectivity index (χ3n) is 4.47. The molecule has 1 saturated heterocycles. The second kappa shape index (κ2) is 9.89. The summed E-state index contributed by atoms with van der Waals surface area (Å²) >= 11 is 3.62. The molecule has 0 aliphatic carbocycles. The number of nitrogen functional groups attached to an aromatic ring is 1. The number of amides is 2. The second-order valence-electron chi connectivity index (χ2n) is 6.58. The average Bonchev–Trinajstić information content (AvgIpc) is 3.18. The Morgan fingerprint density at radius 3 is 2.78 bits per heavy atom. The van der Waals surface area contributed by atoms with Gasteiger partial charge in [-0.05, 0) is 12.5 Å². The lowest BCUT2D eigenvalue weighted by molar-refractivity contribution is -0.719. The van der Waals surface area contributed by atoms with Crippen molar-refractivity contribution >= 4 is 69.6 Å². The van der Waals surface area contributed by atoms with E-state index < -0.39 is 45.7 Å². The quantitative estimate of drug-likeness (QED) is 0.115. The highest BCUT2D eigenvalue weighted by Gasteiger charge is 2.70. The Balaban J connectivity index is 1.84. The minimum Gasteiger partial charge on any atom is -0.479 e. The predicted molar refractivity (Wildman–Crippen MR) is 119 cm³/mol. The van der Waals surface area contributed by atoms with Crippen LogP contribution >= 0.6 is 35.0 Å². The number of rotatable bonds is 10. The van der Waals surface area contributed by atoms with Gasteiger partial charge >= 0.3 is 17.8 Å². The summed E-state index contributed by atoms with van der Waals surface area (Å²) < 4.78 is -0.412. The smallest absolute Gasteiger partial charge is 0.391 e. The van der Waals surface area contributed by atoms with E-state index in [4.69, 9.17) is 15.7 Å². The first-order chi connectivity index (χ1) is 15.2. The van der Waals surface area contributed by atoms with Gasteiger partial charge in [0.2, 0.25) is 18.3 Å². The van der Waals surface area contributed by atoms with Gasteiger partial charge in [-0.15, -0.1) is 15.2 Å². The summed E-state index contributed by atoms with van der Waals surface area (Å²) in [6, 6.07) is -0.972. The molecule has 5 N–H and O–H groups in total. The Bertz CT molecular complexity index is 1010. The SMILES string of the molecule is CCCS[N+]12C(=O)C(NC(=O)C(=NOCC(=O)O)c3csc(N)n3)[C@@H]1SCC=C2C(=O)O. The van der Waals surface area contributed by atoms with Gasteiger partial charge in [0.15, 0.2) is 16.2 Å². The molecule has 0 saturated carbocycles. The number of oxime groups is 1.